The maximum absolute atomic E-state index is 12.3. The summed E-state index contributed by atoms with van der Waals surface area (Å²) in [5.74, 6) is 0.232. The first-order valence-electron chi connectivity index (χ1n) is 8.76. The van der Waals surface area contributed by atoms with Crippen LogP contribution in [0.2, 0.25) is 0 Å². The van der Waals surface area contributed by atoms with Crippen molar-refractivity contribution in [1.29, 1.82) is 0 Å². The average molecular weight is 390 g/mol. The van der Waals surface area contributed by atoms with Gasteiger partial charge < -0.3 is 10.6 Å². The topological polar surface area (TPSA) is 49.6 Å². The van der Waals surface area contributed by atoms with E-state index in [1.54, 1.807) is 0 Å². The molecule has 1 saturated heterocycles. The highest BCUT2D eigenvalue weighted by Crippen LogP contribution is 2.23. The Labute approximate surface area is 164 Å². The summed E-state index contributed by atoms with van der Waals surface area (Å²) in [5.41, 5.74) is 7.12. The van der Waals surface area contributed by atoms with Crippen molar-refractivity contribution < 1.29 is 4.79 Å². The molecule has 0 saturated carbocycles. The molecule has 0 spiro atoms. The highest BCUT2D eigenvalue weighted by Gasteiger charge is 2.29. The smallest absolute Gasteiger partial charge is 0.222 e. The van der Waals surface area contributed by atoms with Crippen LogP contribution < -0.4 is 5.73 Å². The molecule has 1 aromatic rings. The maximum Gasteiger partial charge on any atom is 0.222 e. The molecule has 6 heteroatoms. The van der Waals surface area contributed by atoms with Gasteiger partial charge >= 0.3 is 0 Å². The van der Waals surface area contributed by atoms with Gasteiger partial charge in [-0.2, -0.15) is 0 Å². The second-order valence-corrected chi connectivity index (χ2v) is 7.00. The predicted molar refractivity (Wildman–Crippen MR) is 109 cm³/mol. The van der Waals surface area contributed by atoms with Crippen LogP contribution in [0.1, 0.15) is 45.1 Å². The van der Waals surface area contributed by atoms with Gasteiger partial charge in [-0.3, -0.25) is 9.69 Å². The lowest BCUT2D eigenvalue weighted by atomic mass is 9.96. The molecule has 0 aliphatic carbocycles. The monoisotopic (exact) mass is 389 g/mol. The van der Waals surface area contributed by atoms with E-state index in [-0.39, 0.29) is 36.8 Å². The van der Waals surface area contributed by atoms with E-state index in [1.807, 2.05) is 18.9 Å². The summed E-state index contributed by atoms with van der Waals surface area (Å²) < 4.78 is 0. The molecule has 25 heavy (non-hydrogen) atoms. The molecule has 0 radical (unpaired) electrons. The van der Waals surface area contributed by atoms with Gasteiger partial charge in [-0.05, 0) is 38.7 Å². The van der Waals surface area contributed by atoms with Crippen LogP contribution in [-0.4, -0.2) is 47.4 Å². The van der Waals surface area contributed by atoms with E-state index in [0.29, 0.717) is 18.5 Å². The summed E-state index contributed by atoms with van der Waals surface area (Å²) in [6, 6.07) is 11.6. The summed E-state index contributed by atoms with van der Waals surface area (Å²) in [7, 11) is 1.95. The Hall–Kier alpha value is -0.810. The van der Waals surface area contributed by atoms with Gasteiger partial charge in [0.25, 0.3) is 0 Å². The van der Waals surface area contributed by atoms with E-state index in [4.69, 9.17) is 5.73 Å². The number of rotatable bonds is 6. The summed E-state index contributed by atoms with van der Waals surface area (Å²) in [4.78, 5) is 16.8. The lowest BCUT2D eigenvalue weighted by Crippen LogP contribution is -2.49. The van der Waals surface area contributed by atoms with Crippen LogP contribution in [0, 0.1) is 0 Å². The number of hydrogen-bond donors (Lipinski definition) is 1. The largest absolute Gasteiger partial charge is 0.343 e. The first kappa shape index (κ1) is 24.2. The third kappa shape index (κ3) is 7.53. The Kier molecular flexibility index (Phi) is 11.4. The number of halogens is 2. The molecule has 3 unspecified atom stereocenters. The molecule has 1 aromatic carbocycles. The number of nitrogens with two attached hydrogens (primary N) is 1. The number of benzene rings is 1. The molecule has 144 valence electrons. The molecule has 4 nitrogen and oxygen atoms in total. The first-order valence-corrected chi connectivity index (χ1v) is 8.76. The van der Waals surface area contributed by atoms with Crippen LogP contribution in [0.3, 0.4) is 0 Å². The fourth-order valence-corrected chi connectivity index (χ4v) is 3.33. The quantitative estimate of drug-likeness (QED) is 0.809. The van der Waals surface area contributed by atoms with Gasteiger partial charge in [0.15, 0.2) is 0 Å². The van der Waals surface area contributed by atoms with Crippen molar-refractivity contribution in [3.05, 3.63) is 35.9 Å². The Bertz CT molecular complexity index is 499. The number of carbonyl (C=O) groups is 1. The van der Waals surface area contributed by atoms with Gasteiger partial charge in [0.2, 0.25) is 5.91 Å². The van der Waals surface area contributed by atoms with Crippen molar-refractivity contribution in [1.82, 2.24) is 9.80 Å². The first-order chi connectivity index (χ1) is 11.0. The van der Waals surface area contributed by atoms with Crippen LogP contribution >= 0.6 is 24.8 Å². The fourth-order valence-electron chi connectivity index (χ4n) is 3.33. The minimum atomic E-state index is 0. The van der Waals surface area contributed by atoms with E-state index in [1.165, 1.54) is 5.56 Å². The molecule has 1 fully saturated rings. The molecule has 1 amide bonds. The second kappa shape index (κ2) is 11.7. The molecule has 1 aliphatic heterocycles. The van der Waals surface area contributed by atoms with Crippen LogP contribution in [0.15, 0.2) is 30.3 Å². The van der Waals surface area contributed by atoms with E-state index < -0.39 is 0 Å². The zero-order valence-corrected chi connectivity index (χ0v) is 17.2. The molecule has 0 bridgehead atoms. The third-order valence-corrected chi connectivity index (χ3v) is 4.97. The number of piperidine rings is 1. The SMILES string of the molecule is CC(N)CCC(=O)N(C)C1CCN(Cc2ccccc2)C(C)C1.Cl.Cl. The van der Waals surface area contributed by atoms with Gasteiger partial charge in [-0.25, -0.2) is 0 Å². The minimum absolute atomic E-state index is 0. The van der Waals surface area contributed by atoms with Gasteiger partial charge in [-0.1, -0.05) is 30.3 Å². The van der Waals surface area contributed by atoms with Crippen LogP contribution in [0.5, 0.6) is 0 Å². The van der Waals surface area contributed by atoms with Crippen molar-refractivity contribution in [3.63, 3.8) is 0 Å². The Morgan fingerprint density at radius 2 is 1.96 bits per heavy atom. The number of nitrogens with zero attached hydrogens (tertiary/aromatic N) is 2. The molecule has 3 atom stereocenters. The maximum atomic E-state index is 12.3. The zero-order chi connectivity index (χ0) is 16.8. The van der Waals surface area contributed by atoms with Crippen molar-refractivity contribution in [2.45, 2.75) is 64.2 Å². The predicted octanol–water partition coefficient (Wildman–Crippen LogP) is 3.47. The lowest BCUT2D eigenvalue weighted by Gasteiger charge is -2.41. The van der Waals surface area contributed by atoms with Crippen molar-refractivity contribution >= 4 is 30.7 Å². The highest BCUT2D eigenvalue weighted by atomic mass is 35.5. The summed E-state index contributed by atoms with van der Waals surface area (Å²) in [6.45, 7) is 6.27. The Balaban J connectivity index is 0.00000288. The summed E-state index contributed by atoms with van der Waals surface area (Å²) in [5, 5.41) is 0. The summed E-state index contributed by atoms with van der Waals surface area (Å²) >= 11 is 0. The highest BCUT2D eigenvalue weighted by molar-refractivity contribution is 5.85. The Morgan fingerprint density at radius 3 is 2.52 bits per heavy atom. The number of amides is 1. The molecular weight excluding hydrogens is 357 g/mol. The van der Waals surface area contributed by atoms with Crippen molar-refractivity contribution in [3.8, 4) is 0 Å². The standard InChI is InChI=1S/C19H31N3O.2ClH/c1-15(20)9-10-19(23)21(3)18-11-12-22(16(2)13-18)14-17-7-5-4-6-8-17;;/h4-8,15-16,18H,9-14,20H2,1-3H3;2*1H. The van der Waals surface area contributed by atoms with Crippen LogP contribution in [-0.2, 0) is 11.3 Å². The van der Waals surface area contributed by atoms with E-state index in [9.17, 15) is 4.79 Å². The molecule has 1 aliphatic rings. The van der Waals surface area contributed by atoms with Gasteiger partial charge in [0.05, 0.1) is 0 Å². The minimum Gasteiger partial charge on any atom is -0.343 e. The van der Waals surface area contributed by atoms with E-state index in [0.717, 1.165) is 32.4 Å². The van der Waals surface area contributed by atoms with Gasteiger partial charge in [0, 0.05) is 44.7 Å². The number of likely N-dealkylation sites (tertiary alicyclic amines) is 1. The normalized spacial score (nSPS) is 21.6. The second-order valence-electron chi connectivity index (χ2n) is 7.00. The van der Waals surface area contributed by atoms with Crippen LogP contribution in [0.25, 0.3) is 0 Å². The van der Waals surface area contributed by atoms with Crippen molar-refractivity contribution in [2.75, 3.05) is 13.6 Å². The number of carbonyl (C=O) groups excluding carboxylic acids is 1. The Morgan fingerprint density at radius 1 is 1.32 bits per heavy atom. The molecule has 1 heterocycles. The molecule has 2 N–H and O–H groups in total. The lowest BCUT2D eigenvalue weighted by molar-refractivity contribution is -0.133. The fraction of sp³-hybridized carbons (Fsp3) is 0.632. The van der Waals surface area contributed by atoms with Crippen LogP contribution in [0.4, 0.5) is 0 Å². The third-order valence-electron chi connectivity index (χ3n) is 4.97. The average Bonchev–Trinajstić information content (AvgIpc) is 2.54. The molecular formula is C19H33Cl2N3O. The molecule has 2 rings (SSSR count). The van der Waals surface area contributed by atoms with Gasteiger partial charge in [-0.15, -0.1) is 24.8 Å². The van der Waals surface area contributed by atoms with E-state index in [2.05, 4.69) is 42.2 Å². The molecule has 0 aromatic heterocycles. The zero-order valence-electron chi connectivity index (χ0n) is 15.6. The van der Waals surface area contributed by atoms with E-state index >= 15 is 0 Å². The summed E-state index contributed by atoms with van der Waals surface area (Å²) in [6.07, 6.45) is 3.43. The number of hydrogen-bond acceptors (Lipinski definition) is 3. The van der Waals surface area contributed by atoms with Crippen molar-refractivity contribution in [2.24, 2.45) is 5.73 Å². The van der Waals surface area contributed by atoms with Gasteiger partial charge in [0.1, 0.15) is 0 Å².